The van der Waals surface area contributed by atoms with Crippen LogP contribution in [0.5, 0.6) is 0 Å². The SMILES string of the molecule is O=C(NC(c1cccs1)C1CC(O)C1)C1CCN(Cc2ccco2)CC1. The van der Waals surface area contributed by atoms with Gasteiger partial charge in [-0.05, 0) is 68.3 Å². The number of nitrogens with zero attached hydrogens (tertiary/aromatic N) is 1. The molecule has 1 amide bonds. The molecule has 4 rings (SSSR count). The van der Waals surface area contributed by atoms with Gasteiger partial charge in [-0.2, -0.15) is 0 Å². The van der Waals surface area contributed by atoms with Gasteiger partial charge in [-0.3, -0.25) is 9.69 Å². The van der Waals surface area contributed by atoms with Crippen LogP contribution in [0, 0.1) is 11.8 Å². The van der Waals surface area contributed by atoms with Crippen molar-refractivity contribution in [2.75, 3.05) is 13.1 Å². The highest BCUT2D eigenvalue weighted by Gasteiger charge is 2.37. The van der Waals surface area contributed by atoms with Crippen molar-refractivity contribution < 1.29 is 14.3 Å². The fourth-order valence-electron chi connectivity index (χ4n) is 4.04. The molecule has 0 spiro atoms. The molecule has 2 aromatic rings. The molecule has 2 aliphatic rings. The maximum Gasteiger partial charge on any atom is 0.223 e. The summed E-state index contributed by atoms with van der Waals surface area (Å²) in [5.74, 6) is 1.58. The van der Waals surface area contributed by atoms with Gasteiger partial charge in [0, 0.05) is 10.8 Å². The monoisotopic (exact) mass is 374 g/mol. The molecule has 1 saturated heterocycles. The summed E-state index contributed by atoms with van der Waals surface area (Å²) in [7, 11) is 0. The first kappa shape index (κ1) is 17.8. The van der Waals surface area contributed by atoms with Gasteiger partial charge >= 0.3 is 0 Å². The Hall–Kier alpha value is -1.63. The first-order valence-corrected chi connectivity index (χ1v) is 10.3. The number of carbonyl (C=O) groups is 1. The molecule has 0 radical (unpaired) electrons. The smallest absolute Gasteiger partial charge is 0.223 e. The van der Waals surface area contributed by atoms with E-state index in [1.54, 1.807) is 17.6 Å². The number of piperidine rings is 1. The van der Waals surface area contributed by atoms with Crippen LogP contribution in [0.1, 0.15) is 42.4 Å². The molecule has 26 heavy (non-hydrogen) atoms. The summed E-state index contributed by atoms with van der Waals surface area (Å²) < 4.78 is 5.42. The van der Waals surface area contributed by atoms with E-state index in [2.05, 4.69) is 21.7 Å². The number of carbonyl (C=O) groups excluding carboxylic acids is 1. The molecule has 1 aliphatic carbocycles. The Morgan fingerprint density at radius 1 is 1.31 bits per heavy atom. The van der Waals surface area contributed by atoms with E-state index in [0.717, 1.165) is 51.1 Å². The first-order chi connectivity index (χ1) is 12.7. The third-order valence-corrected chi connectivity index (χ3v) is 6.64. The quantitative estimate of drug-likeness (QED) is 0.815. The average molecular weight is 375 g/mol. The minimum absolute atomic E-state index is 0.0482. The van der Waals surface area contributed by atoms with Crippen molar-refractivity contribution in [1.29, 1.82) is 0 Å². The van der Waals surface area contributed by atoms with Crippen molar-refractivity contribution in [2.45, 2.75) is 44.4 Å². The Kier molecular flexibility index (Phi) is 5.43. The number of nitrogens with one attached hydrogen (secondary N) is 1. The number of amides is 1. The number of hydrogen-bond acceptors (Lipinski definition) is 5. The highest BCUT2D eigenvalue weighted by atomic mass is 32.1. The minimum atomic E-state index is -0.204. The van der Waals surface area contributed by atoms with Crippen LogP contribution in [0.2, 0.25) is 0 Å². The Labute approximate surface area is 158 Å². The van der Waals surface area contributed by atoms with Crippen LogP contribution in [-0.4, -0.2) is 35.1 Å². The van der Waals surface area contributed by atoms with E-state index in [1.165, 1.54) is 4.88 Å². The molecule has 3 heterocycles. The molecular weight excluding hydrogens is 348 g/mol. The van der Waals surface area contributed by atoms with Gasteiger partial charge in [-0.15, -0.1) is 11.3 Å². The van der Waals surface area contributed by atoms with Crippen LogP contribution in [0.15, 0.2) is 40.3 Å². The maximum atomic E-state index is 12.8. The molecule has 2 fully saturated rings. The van der Waals surface area contributed by atoms with Crippen LogP contribution in [0.3, 0.4) is 0 Å². The van der Waals surface area contributed by atoms with Gasteiger partial charge < -0.3 is 14.8 Å². The van der Waals surface area contributed by atoms with Gasteiger partial charge in [-0.1, -0.05) is 6.07 Å². The van der Waals surface area contributed by atoms with Gasteiger partial charge in [0.15, 0.2) is 0 Å². The molecule has 2 aromatic heterocycles. The van der Waals surface area contributed by atoms with E-state index < -0.39 is 0 Å². The third-order valence-electron chi connectivity index (χ3n) is 5.69. The zero-order chi connectivity index (χ0) is 17.9. The van der Waals surface area contributed by atoms with Gasteiger partial charge in [0.25, 0.3) is 0 Å². The second-order valence-electron chi connectivity index (χ2n) is 7.52. The third kappa shape index (κ3) is 4.03. The molecule has 140 valence electrons. The number of likely N-dealkylation sites (tertiary alicyclic amines) is 1. The van der Waals surface area contributed by atoms with Crippen LogP contribution in [0.25, 0.3) is 0 Å². The number of rotatable bonds is 6. The Bertz CT molecular complexity index is 687. The molecule has 1 unspecified atom stereocenters. The van der Waals surface area contributed by atoms with E-state index in [0.29, 0.717) is 5.92 Å². The predicted molar refractivity (Wildman–Crippen MR) is 101 cm³/mol. The Morgan fingerprint density at radius 3 is 2.73 bits per heavy atom. The summed E-state index contributed by atoms with van der Waals surface area (Å²) in [6, 6.07) is 8.08. The zero-order valence-corrected chi connectivity index (χ0v) is 15.7. The van der Waals surface area contributed by atoms with Crippen LogP contribution in [-0.2, 0) is 11.3 Å². The fourth-order valence-corrected chi connectivity index (χ4v) is 4.91. The van der Waals surface area contributed by atoms with Crippen molar-refractivity contribution in [3.05, 3.63) is 46.5 Å². The zero-order valence-electron chi connectivity index (χ0n) is 14.8. The second-order valence-corrected chi connectivity index (χ2v) is 8.50. The first-order valence-electron chi connectivity index (χ1n) is 9.45. The highest BCUT2D eigenvalue weighted by Crippen LogP contribution is 2.39. The molecule has 1 atom stereocenters. The molecule has 1 aliphatic heterocycles. The standard InChI is InChI=1S/C20H26N2O3S/c23-16-11-15(12-16)19(18-4-2-10-26-18)21-20(24)14-5-7-22(8-6-14)13-17-3-1-9-25-17/h1-4,9-10,14-16,19,23H,5-8,11-13H2,(H,21,24). The number of thiophene rings is 1. The van der Waals surface area contributed by atoms with Crippen molar-refractivity contribution >= 4 is 17.2 Å². The lowest BCUT2D eigenvalue weighted by atomic mass is 9.76. The van der Waals surface area contributed by atoms with Crippen molar-refractivity contribution in [2.24, 2.45) is 11.8 Å². The van der Waals surface area contributed by atoms with E-state index in [-0.39, 0.29) is 24.0 Å². The summed E-state index contributed by atoms with van der Waals surface area (Å²) >= 11 is 1.69. The maximum absolute atomic E-state index is 12.8. The Morgan fingerprint density at radius 2 is 2.12 bits per heavy atom. The van der Waals surface area contributed by atoms with Crippen LogP contribution in [0.4, 0.5) is 0 Å². The molecule has 0 aromatic carbocycles. The number of hydrogen-bond donors (Lipinski definition) is 2. The predicted octanol–water partition coefficient (Wildman–Crippen LogP) is 3.18. The molecule has 6 heteroatoms. The summed E-state index contributed by atoms with van der Waals surface area (Å²) in [6.45, 7) is 2.66. The van der Waals surface area contributed by atoms with Gasteiger partial charge in [0.05, 0.1) is 25.0 Å². The highest BCUT2D eigenvalue weighted by molar-refractivity contribution is 7.10. The number of aliphatic hydroxyl groups excluding tert-OH is 1. The van der Waals surface area contributed by atoms with E-state index in [9.17, 15) is 9.90 Å². The summed E-state index contributed by atoms with van der Waals surface area (Å²) in [5.41, 5.74) is 0. The Balaban J connectivity index is 1.31. The summed E-state index contributed by atoms with van der Waals surface area (Å²) in [4.78, 5) is 16.4. The van der Waals surface area contributed by atoms with Gasteiger partial charge in [0.2, 0.25) is 5.91 Å². The minimum Gasteiger partial charge on any atom is -0.468 e. The van der Waals surface area contributed by atoms with Crippen LogP contribution < -0.4 is 5.32 Å². The average Bonchev–Trinajstić information content (AvgIpc) is 3.31. The lowest BCUT2D eigenvalue weighted by Crippen LogP contribution is -2.45. The van der Waals surface area contributed by atoms with E-state index in [1.807, 2.05) is 18.2 Å². The summed E-state index contributed by atoms with van der Waals surface area (Å²) in [6.07, 6.45) is 4.84. The largest absolute Gasteiger partial charge is 0.468 e. The van der Waals surface area contributed by atoms with E-state index in [4.69, 9.17) is 4.42 Å². The molecule has 2 N–H and O–H groups in total. The fraction of sp³-hybridized carbons (Fsp3) is 0.550. The second kappa shape index (κ2) is 7.94. The van der Waals surface area contributed by atoms with Crippen LogP contribution >= 0.6 is 11.3 Å². The van der Waals surface area contributed by atoms with E-state index >= 15 is 0 Å². The normalized spacial score (nSPS) is 25.6. The number of aliphatic hydroxyl groups is 1. The molecule has 0 bridgehead atoms. The number of furan rings is 1. The lowest BCUT2D eigenvalue weighted by molar-refractivity contribution is -0.128. The summed E-state index contributed by atoms with van der Waals surface area (Å²) in [5, 5.41) is 15.0. The molecule has 5 nitrogen and oxygen atoms in total. The topological polar surface area (TPSA) is 65.7 Å². The van der Waals surface area contributed by atoms with Gasteiger partial charge in [0.1, 0.15) is 5.76 Å². The molecule has 1 saturated carbocycles. The van der Waals surface area contributed by atoms with Crippen molar-refractivity contribution in [3.63, 3.8) is 0 Å². The van der Waals surface area contributed by atoms with Crippen molar-refractivity contribution in [1.82, 2.24) is 10.2 Å². The lowest BCUT2D eigenvalue weighted by Gasteiger charge is -2.39. The van der Waals surface area contributed by atoms with Gasteiger partial charge in [-0.25, -0.2) is 0 Å². The van der Waals surface area contributed by atoms with Crippen molar-refractivity contribution in [3.8, 4) is 0 Å². The molecular formula is C20H26N2O3S.